The molecular formula is C12H16FNO. The van der Waals surface area contributed by atoms with Crippen molar-refractivity contribution in [3.63, 3.8) is 0 Å². The lowest BCUT2D eigenvalue weighted by atomic mass is 10.1. The molecule has 1 heterocycles. The second kappa shape index (κ2) is 3.91. The summed E-state index contributed by atoms with van der Waals surface area (Å²) in [5.41, 5.74) is 0.698. The first kappa shape index (κ1) is 10.6. The summed E-state index contributed by atoms with van der Waals surface area (Å²) in [4.78, 5) is 0. The molecule has 1 aliphatic rings. The highest BCUT2D eigenvalue weighted by Gasteiger charge is 2.30. The van der Waals surface area contributed by atoms with Gasteiger partial charge in [-0.3, -0.25) is 5.32 Å². The predicted octanol–water partition coefficient (Wildman–Crippen LogP) is 2.09. The van der Waals surface area contributed by atoms with Gasteiger partial charge in [-0.05, 0) is 25.5 Å². The summed E-state index contributed by atoms with van der Waals surface area (Å²) in [5, 5.41) is 3.32. The second-order valence-electron chi connectivity index (χ2n) is 4.62. The van der Waals surface area contributed by atoms with Crippen LogP contribution in [0.2, 0.25) is 0 Å². The summed E-state index contributed by atoms with van der Waals surface area (Å²) in [6.07, 6.45) is 0.507. The summed E-state index contributed by atoms with van der Waals surface area (Å²) in [5.74, 6) is -0.160. The Morgan fingerprint density at radius 2 is 2.20 bits per heavy atom. The smallest absolute Gasteiger partial charge is 0.126 e. The van der Waals surface area contributed by atoms with E-state index in [1.807, 2.05) is 6.07 Å². The first-order chi connectivity index (χ1) is 7.07. The fourth-order valence-corrected chi connectivity index (χ4v) is 1.80. The van der Waals surface area contributed by atoms with Crippen molar-refractivity contribution in [3.8, 4) is 0 Å². The Morgan fingerprint density at radius 3 is 2.80 bits per heavy atom. The van der Waals surface area contributed by atoms with Gasteiger partial charge in [-0.1, -0.05) is 18.2 Å². The Bertz CT molecular complexity index is 351. The topological polar surface area (TPSA) is 21.3 Å². The molecule has 0 spiro atoms. The monoisotopic (exact) mass is 209 g/mol. The molecule has 2 rings (SSSR count). The van der Waals surface area contributed by atoms with Gasteiger partial charge in [0.1, 0.15) is 12.0 Å². The number of halogens is 1. The molecule has 3 heteroatoms. The molecule has 0 saturated carbocycles. The summed E-state index contributed by atoms with van der Waals surface area (Å²) in [6.45, 7) is 4.83. The van der Waals surface area contributed by atoms with Crippen molar-refractivity contribution in [2.45, 2.75) is 32.0 Å². The first-order valence-corrected chi connectivity index (χ1v) is 5.19. The maximum atomic E-state index is 13.4. The number of ether oxygens (including phenoxy) is 1. The van der Waals surface area contributed by atoms with Crippen molar-refractivity contribution >= 4 is 0 Å². The minimum atomic E-state index is -0.160. The Morgan fingerprint density at radius 1 is 1.47 bits per heavy atom. The number of hydrogen-bond acceptors (Lipinski definition) is 2. The predicted molar refractivity (Wildman–Crippen MR) is 57.1 cm³/mol. The molecule has 2 nitrogen and oxygen atoms in total. The molecule has 1 aromatic rings. The van der Waals surface area contributed by atoms with E-state index in [0.717, 1.165) is 0 Å². The van der Waals surface area contributed by atoms with E-state index in [9.17, 15) is 4.39 Å². The molecule has 0 aromatic heterocycles. The van der Waals surface area contributed by atoms with Crippen molar-refractivity contribution < 1.29 is 9.13 Å². The quantitative estimate of drug-likeness (QED) is 0.805. The van der Waals surface area contributed by atoms with Gasteiger partial charge in [0.2, 0.25) is 0 Å². The van der Waals surface area contributed by atoms with Crippen LogP contribution in [-0.2, 0) is 11.2 Å². The summed E-state index contributed by atoms with van der Waals surface area (Å²) >= 11 is 0. The number of nitrogens with one attached hydrogen (secondary N) is 1. The Labute approximate surface area is 89.4 Å². The summed E-state index contributed by atoms with van der Waals surface area (Å²) < 4.78 is 18.9. The van der Waals surface area contributed by atoms with Crippen molar-refractivity contribution in [2.24, 2.45) is 0 Å². The molecule has 1 N–H and O–H groups in total. The third-order valence-corrected chi connectivity index (χ3v) is 2.56. The highest BCUT2D eigenvalue weighted by atomic mass is 19.1. The van der Waals surface area contributed by atoms with Gasteiger partial charge in [0.05, 0.1) is 6.61 Å². The Balaban J connectivity index is 2.02. The van der Waals surface area contributed by atoms with Gasteiger partial charge in [-0.15, -0.1) is 0 Å². The molecule has 0 bridgehead atoms. The van der Waals surface area contributed by atoms with Crippen LogP contribution in [0.3, 0.4) is 0 Å². The van der Waals surface area contributed by atoms with E-state index in [1.165, 1.54) is 6.07 Å². The molecule has 0 radical (unpaired) electrons. The largest absolute Gasteiger partial charge is 0.361 e. The molecule has 1 saturated heterocycles. The van der Waals surface area contributed by atoms with Crippen LogP contribution in [-0.4, -0.2) is 18.4 Å². The van der Waals surface area contributed by atoms with Gasteiger partial charge in [0.15, 0.2) is 0 Å². The van der Waals surface area contributed by atoms with Crippen molar-refractivity contribution in [1.82, 2.24) is 5.32 Å². The van der Waals surface area contributed by atoms with Crippen LogP contribution in [0.15, 0.2) is 24.3 Å². The maximum Gasteiger partial charge on any atom is 0.126 e. The van der Waals surface area contributed by atoms with Gasteiger partial charge in [0, 0.05) is 12.0 Å². The Hall–Kier alpha value is -0.930. The highest BCUT2D eigenvalue weighted by molar-refractivity contribution is 5.18. The van der Waals surface area contributed by atoms with Gasteiger partial charge in [-0.25, -0.2) is 4.39 Å². The lowest BCUT2D eigenvalue weighted by molar-refractivity contribution is 0.0980. The number of hydrogen-bond donors (Lipinski definition) is 1. The normalized spacial score (nSPS) is 24.3. The summed E-state index contributed by atoms with van der Waals surface area (Å²) in [7, 11) is 0. The second-order valence-corrected chi connectivity index (χ2v) is 4.62. The lowest BCUT2D eigenvalue weighted by Gasteiger charge is -2.17. The molecule has 1 aromatic carbocycles. The zero-order chi connectivity index (χ0) is 10.9. The molecule has 82 valence electrons. The van der Waals surface area contributed by atoms with Crippen LogP contribution < -0.4 is 5.32 Å². The van der Waals surface area contributed by atoms with Crippen LogP contribution in [0.5, 0.6) is 0 Å². The fourth-order valence-electron chi connectivity index (χ4n) is 1.80. The highest BCUT2D eigenvalue weighted by Crippen LogP contribution is 2.18. The van der Waals surface area contributed by atoms with Crippen LogP contribution in [0.25, 0.3) is 0 Å². The minimum Gasteiger partial charge on any atom is -0.361 e. The minimum absolute atomic E-state index is 0.00404. The number of rotatable bonds is 2. The van der Waals surface area contributed by atoms with Crippen LogP contribution in [0.4, 0.5) is 4.39 Å². The average molecular weight is 209 g/mol. The molecule has 0 amide bonds. The van der Waals surface area contributed by atoms with E-state index in [2.05, 4.69) is 19.2 Å². The third kappa shape index (κ3) is 2.55. The van der Waals surface area contributed by atoms with Gasteiger partial charge in [-0.2, -0.15) is 0 Å². The SMILES string of the molecule is CC1(C)COC(Cc2ccccc2F)N1. The van der Waals surface area contributed by atoms with Crippen molar-refractivity contribution in [3.05, 3.63) is 35.6 Å². The van der Waals surface area contributed by atoms with Crippen LogP contribution in [0.1, 0.15) is 19.4 Å². The number of benzene rings is 1. The zero-order valence-corrected chi connectivity index (χ0v) is 9.09. The standard InChI is InChI=1S/C12H16FNO/c1-12(2)8-15-11(14-12)7-9-5-3-4-6-10(9)13/h3-6,11,14H,7-8H2,1-2H3. The van der Waals surface area contributed by atoms with Gasteiger partial charge in [0.25, 0.3) is 0 Å². The molecule has 1 aliphatic heterocycles. The van der Waals surface area contributed by atoms with Crippen molar-refractivity contribution in [2.75, 3.05) is 6.61 Å². The molecule has 1 fully saturated rings. The van der Waals surface area contributed by atoms with Gasteiger partial charge >= 0.3 is 0 Å². The maximum absolute atomic E-state index is 13.4. The Kier molecular flexibility index (Phi) is 2.76. The fraction of sp³-hybridized carbons (Fsp3) is 0.500. The average Bonchev–Trinajstić information content (AvgIpc) is 2.50. The first-order valence-electron chi connectivity index (χ1n) is 5.19. The van der Waals surface area contributed by atoms with Gasteiger partial charge < -0.3 is 4.74 Å². The molecule has 1 unspecified atom stereocenters. The van der Waals surface area contributed by atoms with E-state index < -0.39 is 0 Å². The molecule has 0 aliphatic carbocycles. The molecular weight excluding hydrogens is 193 g/mol. The third-order valence-electron chi connectivity index (χ3n) is 2.56. The van der Waals surface area contributed by atoms with Crippen LogP contribution >= 0.6 is 0 Å². The van der Waals surface area contributed by atoms with E-state index in [0.29, 0.717) is 18.6 Å². The molecule has 15 heavy (non-hydrogen) atoms. The zero-order valence-electron chi connectivity index (χ0n) is 9.09. The summed E-state index contributed by atoms with van der Waals surface area (Å²) in [6, 6.07) is 6.82. The molecule has 1 atom stereocenters. The van der Waals surface area contributed by atoms with E-state index in [1.54, 1.807) is 12.1 Å². The van der Waals surface area contributed by atoms with Crippen LogP contribution in [0, 0.1) is 5.82 Å². The van der Waals surface area contributed by atoms with E-state index in [-0.39, 0.29) is 17.6 Å². The lowest BCUT2D eigenvalue weighted by Crippen LogP contribution is -2.39. The van der Waals surface area contributed by atoms with E-state index in [4.69, 9.17) is 4.74 Å². The van der Waals surface area contributed by atoms with Crippen molar-refractivity contribution in [1.29, 1.82) is 0 Å². The van der Waals surface area contributed by atoms with E-state index >= 15 is 0 Å².